The van der Waals surface area contributed by atoms with E-state index in [0.29, 0.717) is 10.9 Å². The Morgan fingerprint density at radius 3 is 2.56 bits per heavy atom. The molecule has 148 valence electrons. The number of amidine groups is 1. The highest BCUT2D eigenvalue weighted by molar-refractivity contribution is 8.16. The van der Waals surface area contributed by atoms with E-state index in [1.165, 1.54) is 19.2 Å². The first-order valence-electron chi connectivity index (χ1n) is 7.70. The molecule has 0 bridgehead atoms. The highest BCUT2D eigenvalue weighted by Gasteiger charge is 2.49. The fourth-order valence-electron chi connectivity index (χ4n) is 2.94. The minimum Gasteiger partial charge on any atom is -0.406 e. The largest absolute Gasteiger partial charge is 0.573 e. The number of alkyl halides is 3. The van der Waals surface area contributed by atoms with Crippen molar-refractivity contribution in [1.82, 2.24) is 0 Å². The van der Waals surface area contributed by atoms with Crippen LogP contribution < -0.4 is 9.64 Å². The first kappa shape index (κ1) is 20.0. The van der Waals surface area contributed by atoms with Gasteiger partial charge in [-0.1, -0.05) is 11.8 Å². The highest BCUT2D eigenvalue weighted by atomic mass is 32.2. The number of anilines is 1. The Kier molecular flexibility index (Phi) is 5.41. The summed E-state index contributed by atoms with van der Waals surface area (Å²) in [5.74, 6) is -1.11. The second kappa shape index (κ2) is 7.32. The Bertz CT molecular complexity index is 855. The average Bonchev–Trinajstić information content (AvgIpc) is 2.98. The van der Waals surface area contributed by atoms with Crippen molar-refractivity contribution < 1.29 is 35.9 Å². The zero-order valence-electron chi connectivity index (χ0n) is 14.0. The lowest BCUT2D eigenvalue weighted by molar-refractivity contribution is -0.274. The van der Waals surface area contributed by atoms with Crippen LogP contribution in [-0.2, 0) is 19.4 Å². The molecular formula is C15H15F3N2O5S2. The fraction of sp³-hybridized carbons (Fsp3) is 0.467. The van der Waals surface area contributed by atoms with Gasteiger partial charge in [-0.3, -0.25) is 4.79 Å². The summed E-state index contributed by atoms with van der Waals surface area (Å²) in [6.45, 7) is -0.232. The number of hydrogen-bond acceptors (Lipinski definition) is 6. The molecule has 0 aliphatic carbocycles. The van der Waals surface area contributed by atoms with Gasteiger partial charge in [-0.25, -0.2) is 8.42 Å². The van der Waals surface area contributed by atoms with Gasteiger partial charge < -0.3 is 14.4 Å². The Labute approximate surface area is 157 Å². The number of thioether (sulfide) groups is 1. The van der Waals surface area contributed by atoms with Gasteiger partial charge in [0.25, 0.3) is 5.91 Å². The molecule has 2 saturated heterocycles. The molecule has 3 rings (SSSR count). The van der Waals surface area contributed by atoms with E-state index in [2.05, 4.69) is 9.73 Å². The van der Waals surface area contributed by atoms with Crippen molar-refractivity contribution in [3.05, 3.63) is 24.3 Å². The van der Waals surface area contributed by atoms with Gasteiger partial charge in [-0.15, -0.1) is 13.2 Å². The van der Waals surface area contributed by atoms with E-state index in [0.717, 1.165) is 23.9 Å². The molecule has 0 aromatic heterocycles. The van der Waals surface area contributed by atoms with Crippen LogP contribution in [0.4, 0.5) is 18.9 Å². The summed E-state index contributed by atoms with van der Waals surface area (Å²) in [7, 11) is -1.90. The first-order chi connectivity index (χ1) is 12.6. The van der Waals surface area contributed by atoms with Crippen molar-refractivity contribution in [2.24, 2.45) is 4.99 Å². The van der Waals surface area contributed by atoms with Crippen molar-refractivity contribution in [2.45, 2.75) is 17.7 Å². The zero-order chi connectivity index (χ0) is 19.8. The summed E-state index contributed by atoms with van der Waals surface area (Å²) in [4.78, 5) is 17.4. The molecule has 2 atom stereocenters. The van der Waals surface area contributed by atoms with Crippen LogP contribution in [0, 0.1) is 0 Å². The standard InChI is InChI=1S/C15H15F3N2O5S2/c1-24-6-13(21)19-14-20(11-7-27(22,23)8-12(11)26-14)9-2-4-10(5-3-9)25-15(16,17)18/h2-5,11-12H,6-8H2,1H3/t11-,12+/m1/s1. The summed E-state index contributed by atoms with van der Waals surface area (Å²) in [5, 5.41) is -0.0124. The van der Waals surface area contributed by atoms with Crippen LogP contribution in [-0.4, -0.2) is 62.4 Å². The molecule has 1 amide bonds. The maximum atomic E-state index is 12.3. The highest BCUT2D eigenvalue weighted by Crippen LogP contribution is 2.41. The third kappa shape index (κ3) is 4.74. The van der Waals surface area contributed by atoms with Crippen LogP contribution >= 0.6 is 11.8 Å². The van der Waals surface area contributed by atoms with E-state index in [1.807, 2.05) is 0 Å². The lowest BCUT2D eigenvalue weighted by Crippen LogP contribution is -2.37. The van der Waals surface area contributed by atoms with E-state index < -0.39 is 33.9 Å². The van der Waals surface area contributed by atoms with Crippen LogP contribution in [0.25, 0.3) is 0 Å². The Morgan fingerprint density at radius 2 is 1.96 bits per heavy atom. The van der Waals surface area contributed by atoms with Gasteiger partial charge in [0.15, 0.2) is 15.0 Å². The second-order valence-electron chi connectivity index (χ2n) is 5.93. The van der Waals surface area contributed by atoms with E-state index in [4.69, 9.17) is 4.74 Å². The summed E-state index contributed by atoms with van der Waals surface area (Å²) < 4.78 is 69.4. The van der Waals surface area contributed by atoms with Crippen LogP contribution in [0.2, 0.25) is 0 Å². The number of hydrogen-bond donors (Lipinski definition) is 0. The molecule has 1 aromatic rings. The number of aliphatic imine (C=N–C) groups is 1. The third-order valence-electron chi connectivity index (χ3n) is 3.90. The molecule has 0 spiro atoms. The van der Waals surface area contributed by atoms with E-state index in [9.17, 15) is 26.4 Å². The molecule has 2 aliphatic heterocycles. The summed E-state index contributed by atoms with van der Waals surface area (Å²) in [5.41, 5.74) is 0.422. The number of rotatable bonds is 4. The maximum absolute atomic E-state index is 12.3. The molecule has 12 heteroatoms. The van der Waals surface area contributed by atoms with Crippen LogP contribution in [0.3, 0.4) is 0 Å². The molecular weight excluding hydrogens is 409 g/mol. The average molecular weight is 424 g/mol. The van der Waals surface area contributed by atoms with E-state index >= 15 is 0 Å². The number of sulfone groups is 1. The van der Waals surface area contributed by atoms with Gasteiger partial charge in [-0.05, 0) is 24.3 Å². The number of ether oxygens (including phenoxy) is 2. The van der Waals surface area contributed by atoms with Crippen molar-refractivity contribution >= 4 is 38.4 Å². The topological polar surface area (TPSA) is 85.3 Å². The monoisotopic (exact) mass is 424 g/mol. The molecule has 1 aromatic carbocycles. The quantitative estimate of drug-likeness (QED) is 0.729. The number of carbonyl (C=O) groups is 1. The van der Waals surface area contributed by atoms with Gasteiger partial charge in [-0.2, -0.15) is 4.99 Å². The number of benzene rings is 1. The van der Waals surface area contributed by atoms with Crippen molar-refractivity contribution in [1.29, 1.82) is 0 Å². The Hall–Kier alpha value is -1.79. The molecule has 2 aliphatic rings. The van der Waals surface area contributed by atoms with Crippen molar-refractivity contribution in [2.75, 3.05) is 30.1 Å². The Morgan fingerprint density at radius 1 is 1.30 bits per heavy atom. The number of carbonyl (C=O) groups excluding carboxylic acids is 1. The molecule has 7 nitrogen and oxygen atoms in total. The Balaban J connectivity index is 1.91. The van der Waals surface area contributed by atoms with Gasteiger partial charge in [0, 0.05) is 18.0 Å². The number of fused-ring (bicyclic) bond motifs is 1. The number of halogens is 3. The zero-order valence-corrected chi connectivity index (χ0v) is 15.6. The SMILES string of the molecule is COCC(=O)N=C1S[C@H]2CS(=O)(=O)C[C@H]2N1c1ccc(OC(F)(F)F)cc1. The van der Waals surface area contributed by atoms with E-state index in [1.54, 1.807) is 4.90 Å². The van der Waals surface area contributed by atoms with Crippen LogP contribution in [0.1, 0.15) is 0 Å². The minimum atomic E-state index is -4.81. The molecule has 27 heavy (non-hydrogen) atoms. The van der Waals surface area contributed by atoms with E-state index in [-0.39, 0.29) is 23.4 Å². The summed E-state index contributed by atoms with van der Waals surface area (Å²) in [6.07, 6.45) is -4.81. The van der Waals surface area contributed by atoms with Crippen LogP contribution in [0.15, 0.2) is 29.3 Å². The molecule has 0 unspecified atom stereocenters. The predicted molar refractivity (Wildman–Crippen MR) is 93.7 cm³/mol. The molecule has 2 heterocycles. The maximum Gasteiger partial charge on any atom is 0.573 e. The van der Waals surface area contributed by atoms with Gasteiger partial charge in [0.05, 0.1) is 17.5 Å². The first-order valence-corrected chi connectivity index (χ1v) is 10.4. The molecule has 2 fully saturated rings. The lowest BCUT2D eigenvalue weighted by atomic mass is 10.2. The molecule has 0 saturated carbocycles. The van der Waals surface area contributed by atoms with Gasteiger partial charge >= 0.3 is 6.36 Å². The van der Waals surface area contributed by atoms with Gasteiger partial charge in [0.2, 0.25) is 0 Å². The number of amides is 1. The second-order valence-corrected chi connectivity index (χ2v) is 9.29. The van der Waals surface area contributed by atoms with Gasteiger partial charge in [0.1, 0.15) is 12.4 Å². The predicted octanol–water partition coefficient (Wildman–Crippen LogP) is 1.83. The normalized spacial score (nSPS) is 25.6. The van der Waals surface area contributed by atoms with Crippen molar-refractivity contribution in [3.63, 3.8) is 0 Å². The fourth-order valence-corrected chi connectivity index (χ4v) is 6.87. The minimum absolute atomic E-state index is 0.0500. The summed E-state index contributed by atoms with van der Waals surface area (Å²) >= 11 is 1.16. The third-order valence-corrected chi connectivity index (χ3v) is 7.11. The summed E-state index contributed by atoms with van der Waals surface area (Å²) in [6, 6.07) is 4.53. The lowest BCUT2D eigenvalue weighted by Gasteiger charge is -2.24. The molecule has 0 N–H and O–H groups in total. The smallest absolute Gasteiger partial charge is 0.406 e. The number of methoxy groups -OCH3 is 1. The molecule has 0 radical (unpaired) electrons. The van der Waals surface area contributed by atoms with Crippen molar-refractivity contribution in [3.8, 4) is 5.75 Å². The van der Waals surface area contributed by atoms with Crippen LogP contribution in [0.5, 0.6) is 5.75 Å². The number of nitrogens with zero attached hydrogens (tertiary/aromatic N) is 2.